The Morgan fingerprint density at radius 1 is 1.47 bits per heavy atom. The van der Waals surface area contributed by atoms with Gasteiger partial charge in [0.2, 0.25) is 0 Å². The Morgan fingerprint density at radius 2 is 2.20 bits per heavy atom. The summed E-state index contributed by atoms with van der Waals surface area (Å²) in [5.74, 6) is 3.19. The Morgan fingerprint density at radius 3 is 2.93 bits per heavy atom. The molecule has 0 fully saturated rings. The van der Waals surface area contributed by atoms with Crippen LogP contribution in [-0.4, -0.2) is 5.11 Å². The molecule has 0 radical (unpaired) electrons. The van der Waals surface area contributed by atoms with Crippen LogP contribution in [0.3, 0.4) is 0 Å². The Balaban J connectivity index is 2.59. The molecule has 0 bridgehead atoms. The molecule has 0 aliphatic rings. The molecule has 0 saturated carbocycles. The number of hydrogen-bond donors (Lipinski definition) is 1. The second-order valence-corrected chi connectivity index (χ2v) is 3.49. The standard InChI is InChI=1S/C13H12O2/c1-3-6-11(14)13-9(2)15-12-8-5-4-7-10(12)13/h1,4-5,7-8,11,14H,6H2,2H3. The van der Waals surface area contributed by atoms with Gasteiger partial charge in [-0.25, -0.2) is 0 Å². The topological polar surface area (TPSA) is 33.4 Å². The molecular formula is C13H12O2. The van der Waals surface area contributed by atoms with Gasteiger partial charge >= 0.3 is 0 Å². The summed E-state index contributed by atoms with van der Waals surface area (Å²) in [6, 6.07) is 7.64. The van der Waals surface area contributed by atoms with E-state index in [0.29, 0.717) is 6.42 Å². The lowest BCUT2D eigenvalue weighted by Crippen LogP contribution is -1.96. The average molecular weight is 200 g/mol. The third-order valence-electron chi connectivity index (χ3n) is 2.46. The van der Waals surface area contributed by atoms with Gasteiger partial charge in [-0.1, -0.05) is 18.2 Å². The Kier molecular flexibility index (Phi) is 2.49. The van der Waals surface area contributed by atoms with Crippen molar-refractivity contribution in [1.82, 2.24) is 0 Å². The molecule has 1 unspecified atom stereocenters. The zero-order valence-corrected chi connectivity index (χ0v) is 8.53. The van der Waals surface area contributed by atoms with Crippen molar-refractivity contribution in [2.45, 2.75) is 19.4 Å². The van der Waals surface area contributed by atoms with E-state index >= 15 is 0 Å². The average Bonchev–Trinajstić information content (AvgIpc) is 2.54. The summed E-state index contributed by atoms with van der Waals surface area (Å²) in [7, 11) is 0. The van der Waals surface area contributed by atoms with E-state index in [9.17, 15) is 5.11 Å². The molecule has 2 rings (SSSR count). The maximum Gasteiger partial charge on any atom is 0.134 e. The Hall–Kier alpha value is -1.72. The van der Waals surface area contributed by atoms with Crippen LogP contribution in [-0.2, 0) is 0 Å². The van der Waals surface area contributed by atoms with Crippen LogP contribution >= 0.6 is 0 Å². The molecule has 76 valence electrons. The van der Waals surface area contributed by atoms with Gasteiger partial charge < -0.3 is 9.52 Å². The van der Waals surface area contributed by atoms with Gasteiger partial charge in [-0.2, -0.15) is 0 Å². The number of rotatable bonds is 2. The molecule has 1 aromatic carbocycles. The molecule has 0 aliphatic heterocycles. The molecule has 0 aliphatic carbocycles. The zero-order chi connectivity index (χ0) is 10.8. The molecule has 2 nitrogen and oxygen atoms in total. The van der Waals surface area contributed by atoms with Crippen molar-refractivity contribution in [3.8, 4) is 12.3 Å². The molecule has 0 amide bonds. The van der Waals surface area contributed by atoms with Gasteiger partial charge in [0.15, 0.2) is 0 Å². The number of benzene rings is 1. The fourth-order valence-electron chi connectivity index (χ4n) is 1.82. The number of furan rings is 1. The molecule has 2 aromatic rings. The highest BCUT2D eigenvalue weighted by atomic mass is 16.3. The second-order valence-electron chi connectivity index (χ2n) is 3.49. The molecule has 2 heteroatoms. The number of para-hydroxylation sites is 1. The van der Waals surface area contributed by atoms with E-state index in [2.05, 4.69) is 5.92 Å². The number of fused-ring (bicyclic) bond motifs is 1. The van der Waals surface area contributed by atoms with Crippen LogP contribution in [0.25, 0.3) is 11.0 Å². The van der Waals surface area contributed by atoms with Gasteiger partial charge in [0, 0.05) is 17.4 Å². The van der Waals surface area contributed by atoms with Crippen molar-refractivity contribution in [1.29, 1.82) is 0 Å². The number of aliphatic hydroxyl groups is 1. The molecule has 1 atom stereocenters. The van der Waals surface area contributed by atoms with Crippen LogP contribution in [0.2, 0.25) is 0 Å². The third-order valence-corrected chi connectivity index (χ3v) is 2.46. The molecule has 0 saturated heterocycles. The third kappa shape index (κ3) is 1.62. The van der Waals surface area contributed by atoms with E-state index in [1.54, 1.807) is 0 Å². The summed E-state index contributed by atoms with van der Waals surface area (Å²) in [6.45, 7) is 1.84. The van der Waals surface area contributed by atoms with Crippen molar-refractivity contribution >= 4 is 11.0 Å². The summed E-state index contributed by atoms with van der Waals surface area (Å²) in [4.78, 5) is 0. The first-order valence-electron chi connectivity index (χ1n) is 4.83. The first-order valence-corrected chi connectivity index (χ1v) is 4.83. The lowest BCUT2D eigenvalue weighted by Gasteiger charge is -2.05. The van der Waals surface area contributed by atoms with Crippen LogP contribution in [0, 0.1) is 19.3 Å². The van der Waals surface area contributed by atoms with Crippen molar-refractivity contribution in [3.05, 3.63) is 35.6 Å². The van der Waals surface area contributed by atoms with Crippen molar-refractivity contribution in [2.75, 3.05) is 0 Å². The van der Waals surface area contributed by atoms with Crippen molar-refractivity contribution < 1.29 is 9.52 Å². The highest BCUT2D eigenvalue weighted by molar-refractivity contribution is 5.82. The minimum Gasteiger partial charge on any atom is -0.461 e. The van der Waals surface area contributed by atoms with Crippen LogP contribution in [0.4, 0.5) is 0 Å². The second kappa shape index (κ2) is 3.80. The first-order chi connectivity index (χ1) is 7.24. The first kappa shape index (κ1) is 9.82. The number of aliphatic hydroxyl groups excluding tert-OH is 1. The van der Waals surface area contributed by atoms with Gasteiger partial charge in [0.05, 0.1) is 6.10 Å². The summed E-state index contributed by atoms with van der Waals surface area (Å²) in [6.07, 6.45) is 4.86. The fraction of sp³-hybridized carbons (Fsp3) is 0.231. The van der Waals surface area contributed by atoms with Gasteiger partial charge in [0.25, 0.3) is 0 Å². The molecule has 1 aromatic heterocycles. The highest BCUT2D eigenvalue weighted by Crippen LogP contribution is 2.31. The van der Waals surface area contributed by atoms with Crippen LogP contribution in [0.5, 0.6) is 0 Å². The maximum atomic E-state index is 9.89. The monoisotopic (exact) mass is 200 g/mol. The van der Waals surface area contributed by atoms with Crippen LogP contribution < -0.4 is 0 Å². The maximum absolute atomic E-state index is 9.89. The predicted molar refractivity (Wildman–Crippen MR) is 59.4 cm³/mol. The predicted octanol–water partition coefficient (Wildman–Crippen LogP) is 2.80. The minimum atomic E-state index is -0.640. The van der Waals surface area contributed by atoms with E-state index in [-0.39, 0.29) is 0 Å². The smallest absolute Gasteiger partial charge is 0.134 e. The van der Waals surface area contributed by atoms with Gasteiger partial charge in [-0.3, -0.25) is 0 Å². The molecular weight excluding hydrogens is 188 g/mol. The van der Waals surface area contributed by atoms with Crippen LogP contribution in [0.15, 0.2) is 28.7 Å². The number of hydrogen-bond acceptors (Lipinski definition) is 2. The molecule has 1 heterocycles. The molecule has 15 heavy (non-hydrogen) atoms. The van der Waals surface area contributed by atoms with E-state index in [1.165, 1.54) is 0 Å². The molecule has 1 N–H and O–H groups in total. The Labute approximate surface area is 88.5 Å². The largest absolute Gasteiger partial charge is 0.461 e. The van der Waals surface area contributed by atoms with Gasteiger partial charge in [0.1, 0.15) is 11.3 Å². The number of terminal acetylenes is 1. The summed E-state index contributed by atoms with van der Waals surface area (Å²) >= 11 is 0. The van der Waals surface area contributed by atoms with E-state index in [0.717, 1.165) is 22.3 Å². The van der Waals surface area contributed by atoms with Gasteiger partial charge in [-0.15, -0.1) is 12.3 Å². The zero-order valence-electron chi connectivity index (χ0n) is 8.53. The van der Waals surface area contributed by atoms with Gasteiger partial charge in [-0.05, 0) is 13.0 Å². The molecule has 0 spiro atoms. The lowest BCUT2D eigenvalue weighted by atomic mass is 10.0. The number of aryl methyl sites for hydroxylation is 1. The fourth-order valence-corrected chi connectivity index (χ4v) is 1.82. The summed E-state index contributed by atoms with van der Waals surface area (Å²) < 4.78 is 5.54. The quantitative estimate of drug-likeness (QED) is 0.756. The minimum absolute atomic E-state index is 0.310. The lowest BCUT2D eigenvalue weighted by molar-refractivity contribution is 0.183. The van der Waals surface area contributed by atoms with E-state index in [4.69, 9.17) is 10.8 Å². The van der Waals surface area contributed by atoms with E-state index in [1.807, 2.05) is 31.2 Å². The van der Waals surface area contributed by atoms with Crippen LogP contribution in [0.1, 0.15) is 23.8 Å². The SMILES string of the molecule is C#CCC(O)c1c(C)oc2ccccc12. The summed E-state index contributed by atoms with van der Waals surface area (Å²) in [5.41, 5.74) is 1.60. The van der Waals surface area contributed by atoms with Crippen molar-refractivity contribution in [3.63, 3.8) is 0 Å². The normalized spacial score (nSPS) is 12.6. The van der Waals surface area contributed by atoms with E-state index < -0.39 is 6.10 Å². The van der Waals surface area contributed by atoms with Crippen molar-refractivity contribution in [2.24, 2.45) is 0 Å². The Bertz CT molecular complexity index is 517. The summed E-state index contributed by atoms with van der Waals surface area (Å²) in [5, 5.41) is 10.8. The highest BCUT2D eigenvalue weighted by Gasteiger charge is 2.17.